The van der Waals surface area contributed by atoms with Gasteiger partial charge in [-0.1, -0.05) is 51.2 Å². The minimum Gasteiger partial charge on any atom is -0.310 e. The highest BCUT2D eigenvalue weighted by Gasteiger charge is 2.26. The van der Waals surface area contributed by atoms with Gasteiger partial charge in [-0.05, 0) is 37.8 Å². The molecule has 1 aromatic carbocycles. The SMILES string of the molecule is CCCNC(c1cccc(F)c1F)C1CCCCCCC1. The summed E-state index contributed by atoms with van der Waals surface area (Å²) in [5, 5.41) is 3.46. The zero-order valence-electron chi connectivity index (χ0n) is 13.0. The van der Waals surface area contributed by atoms with E-state index in [-0.39, 0.29) is 6.04 Å². The first-order valence-electron chi connectivity index (χ1n) is 8.41. The summed E-state index contributed by atoms with van der Waals surface area (Å²) in [7, 11) is 0. The Morgan fingerprint density at radius 2 is 1.76 bits per heavy atom. The molecule has 21 heavy (non-hydrogen) atoms. The minimum absolute atomic E-state index is 0.0567. The molecule has 1 unspecified atom stereocenters. The van der Waals surface area contributed by atoms with E-state index in [0.29, 0.717) is 11.5 Å². The van der Waals surface area contributed by atoms with Gasteiger partial charge < -0.3 is 5.32 Å². The van der Waals surface area contributed by atoms with E-state index in [1.54, 1.807) is 12.1 Å². The van der Waals surface area contributed by atoms with Crippen molar-refractivity contribution in [3.8, 4) is 0 Å². The van der Waals surface area contributed by atoms with Crippen molar-refractivity contribution in [1.29, 1.82) is 0 Å². The van der Waals surface area contributed by atoms with Gasteiger partial charge in [-0.3, -0.25) is 0 Å². The zero-order valence-corrected chi connectivity index (χ0v) is 13.0. The van der Waals surface area contributed by atoms with E-state index in [0.717, 1.165) is 25.8 Å². The molecule has 1 N–H and O–H groups in total. The Labute approximate surface area is 127 Å². The summed E-state index contributed by atoms with van der Waals surface area (Å²) < 4.78 is 27.8. The maximum atomic E-state index is 14.2. The fourth-order valence-electron chi connectivity index (χ4n) is 3.41. The van der Waals surface area contributed by atoms with Crippen LogP contribution in [0.4, 0.5) is 8.78 Å². The lowest BCUT2D eigenvalue weighted by molar-refractivity contribution is 0.281. The van der Waals surface area contributed by atoms with Gasteiger partial charge in [0.2, 0.25) is 0 Å². The van der Waals surface area contributed by atoms with Crippen LogP contribution in [-0.2, 0) is 0 Å². The molecule has 0 radical (unpaired) electrons. The maximum Gasteiger partial charge on any atom is 0.163 e. The minimum atomic E-state index is -0.735. The third-order valence-corrected chi connectivity index (χ3v) is 4.55. The predicted molar refractivity (Wildman–Crippen MR) is 83.2 cm³/mol. The van der Waals surface area contributed by atoms with Crippen LogP contribution in [0.1, 0.15) is 69.9 Å². The van der Waals surface area contributed by atoms with Crippen LogP contribution in [0.2, 0.25) is 0 Å². The van der Waals surface area contributed by atoms with Gasteiger partial charge in [0, 0.05) is 11.6 Å². The zero-order chi connectivity index (χ0) is 15.1. The fraction of sp³-hybridized carbons (Fsp3) is 0.667. The van der Waals surface area contributed by atoms with E-state index in [4.69, 9.17) is 0 Å². The highest BCUT2D eigenvalue weighted by Crippen LogP contribution is 2.34. The summed E-state index contributed by atoms with van der Waals surface area (Å²) in [6, 6.07) is 4.51. The molecule has 0 amide bonds. The van der Waals surface area contributed by atoms with E-state index >= 15 is 0 Å². The first-order valence-corrected chi connectivity index (χ1v) is 8.41. The summed E-state index contributed by atoms with van der Waals surface area (Å²) in [5.41, 5.74) is 0.508. The number of hydrogen-bond acceptors (Lipinski definition) is 1. The number of halogens is 2. The molecule has 1 fully saturated rings. The van der Waals surface area contributed by atoms with Crippen LogP contribution >= 0.6 is 0 Å². The maximum absolute atomic E-state index is 14.2. The van der Waals surface area contributed by atoms with Crippen LogP contribution in [0.5, 0.6) is 0 Å². The molecule has 0 bridgehead atoms. The van der Waals surface area contributed by atoms with Crippen molar-refractivity contribution in [2.24, 2.45) is 5.92 Å². The van der Waals surface area contributed by atoms with Gasteiger partial charge >= 0.3 is 0 Å². The molecule has 118 valence electrons. The van der Waals surface area contributed by atoms with Gasteiger partial charge in [0.1, 0.15) is 0 Å². The van der Waals surface area contributed by atoms with Gasteiger partial charge in [0.25, 0.3) is 0 Å². The monoisotopic (exact) mass is 295 g/mol. The van der Waals surface area contributed by atoms with Crippen molar-refractivity contribution < 1.29 is 8.78 Å². The smallest absolute Gasteiger partial charge is 0.163 e. The lowest BCUT2D eigenvalue weighted by atomic mass is 9.82. The summed E-state index contributed by atoms with van der Waals surface area (Å²) in [4.78, 5) is 0. The van der Waals surface area contributed by atoms with Gasteiger partial charge in [0.05, 0.1) is 0 Å². The van der Waals surface area contributed by atoms with Gasteiger partial charge in [-0.15, -0.1) is 0 Å². The largest absolute Gasteiger partial charge is 0.310 e. The van der Waals surface area contributed by atoms with Crippen molar-refractivity contribution in [3.05, 3.63) is 35.4 Å². The Morgan fingerprint density at radius 3 is 2.43 bits per heavy atom. The van der Waals surface area contributed by atoms with E-state index in [2.05, 4.69) is 12.2 Å². The second-order valence-electron chi connectivity index (χ2n) is 6.18. The molecular formula is C18H27F2N. The molecular weight excluding hydrogens is 268 g/mol. The molecule has 0 heterocycles. The topological polar surface area (TPSA) is 12.0 Å². The predicted octanol–water partition coefficient (Wildman–Crippen LogP) is 5.37. The number of hydrogen-bond donors (Lipinski definition) is 1. The van der Waals surface area contributed by atoms with Crippen LogP contribution in [-0.4, -0.2) is 6.54 Å². The average molecular weight is 295 g/mol. The molecule has 1 saturated carbocycles. The molecule has 2 rings (SSSR count). The van der Waals surface area contributed by atoms with Crippen molar-refractivity contribution >= 4 is 0 Å². The molecule has 0 aliphatic heterocycles. The lowest BCUT2D eigenvalue weighted by Gasteiger charge is -2.30. The highest BCUT2D eigenvalue weighted by molar-refractivity contribution is 5.23. The van der Waals surface area contributed by atoms with Crippen molar-refractivity contribution in [1.82, 2.24) is 5.32 Å². The quantitative estimate of drug-likeness (QED) is 0.770. The number of nitrogens with one attached hydrogen (secondary N) is 1. The lowest BCUT2D eigenvalue weighted by Crippen LogP contribution is -2.30. The van der Waals surface area contributed by atoms with Crippen molar-refractivity contribution in [2.45, 2.75) is 64.3 Å². The normalized spacial score (nSPS) is 19.0. The van der Waals surface area contributed by atoms with Crippen molar-refractivity contribution in [3.63, 3.8) is 0 Å². The van der Waals surface area contributed by atoms with E-state index in [1.165, 1.54) is 38.2 Å². The van der Waals surface area contributed by atoms with Gasteiger partial charge in [-0.2, -0.15) is 0 Å². The summed E-state index contributed by atoms with van der Waals surface area (Å²) in [6.07, 6.45) is 9.46. The van der Waals surface area contributed by atoms with E-state index in [9.17, 15) is 8.78 Å². The van der Waals surface area contributed by atoms with E-state index < -0.39 is 11.6 Å². The van der Waals surface area contributed by atoms with Gasteiger partial charge in [-0.25, -0.2) is 8.78 Å². The summed E-state index contributed by atoms with van der Waals surface area (Å²) >= 11 is 0. The van der Waals surface area contributed by atoms with Crippen LogP contribution < -0.4 is 5.32 Å². The summed E-state index contributed by atoms with van der Waals surface area (Å²) in [6.45, 7) is 2.95. The second kappa shape index (κ2) is 8.47. The molecule has 0 spiro atoms. The van der Waals surface area contributed by atoms with Crippen LogP contribution in [0.3, 0.4) is 0 Å². The molecule has 0 saturated heterocycles. The van der Waals surface area contributed by atoms with Gasteiger partial charge in [0.15, 0.2) is 11.6 Å². The molecule has 3 heteroatoms. The Balaban J connectivity index is 2.21. The molecule has 1 nitrogen and oxygen atoms in total. The molecule has 1 aromatic rings. The Bertz CT molecular complexity index is 425. The van der Waals surface area contributed by atoms with E-state index in [1.807, 2.05) is 0 Å². The molecule has 0 aromatic heterocycles. The average Bonchev–Trinajstić information content (AvgIpc) is 2.44. The fourth-order valence-corrected chi connectivity index (χ4v) is 3.41. The molecule has 1 atom stereocenters. The Morgan fingerprint density at radius 1 is 1.10 bits per heavy atom. The standard InChI is InChI=1S/C18H27F2N/c1-2-13-21-18(14-9-6-4-3-5-7-10-14)15-11-8-12-16(19)17(15)20/h8,11-12,14,18,21H,2-7,9-10,13H2,1H3. The molecule has 1 aliphatic rings. The van der Waals surface area contributed by atoms with Crippen molar-refractivity contribution in [2.75, 3.05) is 6.54 Å². The third-order valence-electron chi connectivity index (χ3n) is 4.55. The molecule has 1 aliphatic carbocycles. The van der Waals surface area contributed by atoms with Crippen LogP contribution in [0.15, 0.2) is 18.2 Å². The third kappa shape index (κ3) is 4.50. The number of benzene rings is 1. The Kier molecular flexibility index (Phi) is 6.62. The first-order chi connectivity index (χ1) is 10.2. The Hall–Kier alpha value is -0.960. The second-order valence-corrected chi connectivity index (χ2v) is 6.18. The first kappa shape index (κ1) is 16.4. The number of rotatable bonds is 5. The highest BCUT2D eigenvalue weighted by atomic mass is 19.2. The van der Waals surface area contributed by atoms with Crippen LogP contribution in [0, 0.1) is 17.6 Å². The summed E-state index contributed by atoms with van der Waals surface area (Å²) in [5.74, 6) is -0.997. The van der Waals surface area contributed by atoms with Crippen LogP contribution in [0.25, 0.3) is 0 Å².